The summed E-state index contributed by atoms with van der Waals surface area (Å²) in [5.74, 6) is 0.615. The van der Waals surface area contributed by atoms with E-state index >= 15 is 0 Å². The topological polar surface area (TPSA) is 59.0 Å². The van der Waals surface area contributed by atoms with Gasteiger partial charge in [0.05, 0.1) is 32.0 Å². The third-order valence-corrected chi connectivity index (χ3v) is 5.69. The van der Waals surface area contributed by atoms with Gasteiger partial charge in [-0.25, -0.2) is 4.79 Å². The molecule has 5 nitrogen and oxygen atoms in total. The Balaban J connectivity index is 1.50. The van der Waals surface area contributed by atoms with E-state index in [9.17, 15) is 9.90 Å². The molecular weight excluding hydrogens is 318 g/mol. The van der Waals surface area contributed by atoms with E-state index in [4.69, 9.17) is 9.47 Å². The molecule has 1 N–H and O–H groups in total. The zero-order chi connectivity index (χ0) is 17.8. The number of hydrogen-bond donors (Lipinski definition) is 1. The Hall–Kier alpha value is -1.59. The van der Waals surface area contributed by atoms with Gasteiger partial charge in [-0.1, -0.05) is 30.3 Å². The van der Waals surface area contributed by atoms with E-state index in [0.717, 1.165) is 25.7 Å². The number of aliphatic hydroxyl groups is 1. The molecule has 1 aliphatic heterocycles. The molecule has 1 saturated carbocycles. The Labute approximate surface area is 149 Å². The van der Waals surface area contributed by atoms with Crippen molar-refractivity contribution in [1.29, 1.82) is 0 Å². The zero-order valence-corrected chi connectivity index (χ0v) is 15.1. The number of methoxy groups -OCH3 is 1. The van der Waals surface area contributed by atoms with Crippen LogP contribution in [-0.2, 0) is 9.47 Å². The maximum Gasteiger partial charge on any atom is 0.410 e. The molecule has 0 bridgehead atoms. The van der Waals surface area contributed by atoms with Crippen LogP contribution >= 0.6 is 0 Å². The van der Waals surface area contributed by atoms with Crippen LogP contribution in [0.3, 0.4) is 0 Å². The average molecular weight is 347 g/mol. The van der Waals surface area contributed by atoms with Gasteiger partial charge in [0.25, 0.3) is 0 Å². The molecule has 0 aromatic heterocycles. The van der Waals surface area contributed by atoms with Crippen LogP contribution in [0.15, 0.2) is 30.3 Å². The van der Waals surface area contributed by atoms with Gasteiger partial charge in [-0.15, -0.1) is 0 Å². The Bertz CT molecular complexity index is 556. The highest BCUT2D eigenvalue weighted by molar-refractivity contribution is 5.69. The second-order valence-electron chi connectivity index (χ2n) is 7.31. The summed E-state index contributed by atoms with van der Waals surface area (Å²) >= 11 is 0. The highest BCUT2D eigenvalue weighted by Gasteiger charge is 2.42. The Morgan fingerprint density at radius 2 is 1.88 bits per heavy atom. The number of amides is 1. The number of benzene rings is 1. The summed E-state index contributed by atoms with van der Waals surface area (Å²) in [7, 11) is 1.38. The van der Waals surface area contributed by atoms with Crippen LogP contribution in [0.25, 0.3) is 0 Å². The minimum absolute atomic E-state index is 0.0233. The predicted molar refractivity (Wildman–Crippen MR) is 95.5 cm³/mol. The van der Waals surface area contributed by atoms with Gasteiger partial charge in [0, 0.05) is 6.04 Å². The third kappa shape index (κ3) is 4.15. The first-order valence-electron chi connectivity index (χ1n) is 9.31. The minimum atomic E-state index is -0.547. The standard InChI is InChI=1S/C20H29NO4/c1-14-12-19(22)18(21(14)20(23)24-2)13-25-17-10-8-16(9-11-17)15-6-4-3-5-7-15/h3-7,14,16-19,22H,8-13H2,1-2H3/t14-,16-,17+,18+,19?/m1/s1. The van der Waals surface area contributed by atoms with Crippen LogP contribution in [0.1, 0.15) is 50.5 Å². The maximum atomic E-state index is 12.0. The number of likely N-dealkylation sites (tertiary alicyclic amines) is 1. The molecule has 1 aromatic carbocycles. The average Bonchev–Trinajstić information content (AvgIpc) is 2.93. The lowest BCUT2D eigenvalue weighted by atomic mass is 9.83. The largest absolute Gasteiger partial charge is 0.453 e. The van der Waals surface area contributed by atoms with Crippen molar-refractivity contribution in [3.05, 3.63) is 35.9 Å². The van der Waals surface area contributed by atoms with Crippen molar-refractivity contribution in [2.75, 3.05) is 13.7 Å². The zero-order valence-electron chi connectivity index (χ0n) is 15.1. The second-order valence-corrected chi connectivity index (χ2v) is 7.31. The number of carbonyl (C=O) groups excluding carboxylic acids is 1. The van der Waals surface area contributed by atoms with Gasteiger partial charge in [0.1, 0.15) is 0 Å². The van der Waals surface area contributed by atoms with Gasteiger partial charge in [0.15, 0.2) is 0 Å². The molecule has 0 spiro atoms. The Kier molecular flexibility index (Phi) is 5.97. The van der Waals surface area contributed by atoms with Crippen LogP contribution in [-0.4, -0.2) is 54.1 Å². The normalized spacial score (nSPS) is 32.6. The molecule has 1 unspecified atom stereocenters. The highest BCUT2D eigenvalue weighted by atomic mass is 16.5. The van der Waals surface area contributed by atoms with Crippen molar-refractivity contribution in [2.24, 2.45) is 0 Å². The summed E-state index contributed by atoms with van der Waals surface area (Å²) in [6, 6.07) is 10.3. The molecule has 3 rings (SSSR count). The molecule has 0 radical (unpaired) electrons. The van der Waals surface area contributed by atoms with E-state index in [0.29, 0.717) is 18.9 Å². The Morgan fingerprint density at radius 1 is 1.20 bits per heavy atom. The fourth-order valence-electron chi connectivity index (χ4n) is 4.27. The molecule has 1 saturated heterocycles. The van der Waals surface area contributed by atoms with Crippen LogP contribution < -0.4 is 0 Å². The molecule has 1 amide bonds. The minimum Gasteiger partial charge on any atom is -0.453 e. The van der Waals surface area contributed by atoms with Gasteiger partial charge in [-0.05, 0) is 50.5 Å². The van der Waals surface area contributed by atoms with Crippen LogP contribution in [0.2, 0.25) is 0 Å². The van der Waals surface area contributed by atoms with Gasteiger partial charge in [-0.2, -0.15) is 0 Å². The number of ether oxygens (including phenoxy) is 2. The molecule has 25 heavy (non-hydrogen) atoms. The molecule has 2 fully saturated rings. The number of nitrogens with zero attached hydrogens (tertiary/aromatic N) is 1. The van der Waals surface area contributed by atoms with Gasteiger partial charge >= 0.3 is 6.09 Å². The summed E-state index contributed by atoms with van der Waals surface area (Å²) in [5.41, 5.74) is 1.41. The number of rotatable bonds is 4. The number of hydrogen-bond acceptors (Lipinski definition) is 4. The maximum absolute atomic E-state index is 12.0. The summed E-state index contributed by atoms with van der Waals surface area (Å²) in [4.78, 5) is 13.6. The van der Waals surface area contributed by atoms with Crippen LogP contribution in [0.4, 0.5) is 4.79 Å². The van der Waals surface area contributed by atoms with Crippen LogP contribution in [0.5, 0.6) is 0 Å². The van der Waals surface area contributed by atoms with Crippen molar-refractivity contribution in [3.8, 4) is 0 Å². The van der Waals surface area contributed by atoms with Crippen molar-refractivity contribution in [2.45, 2.75) is 69.2 Å². The lowest BCUT2D eigenvalue weighted by Gasteiger charge is -2.32. The molecule has 1 heterocycles. The number of carbonyl (C=O) groups is 1. The van der Waals surface area contributed by atoms with Gasteiger partial charge < -0.3 is 14.6 Å². The predicted octanol–water partition coefficient (Wildman–Crippen LogP) is 3.32. The lowest BCUT2D eigenvalue weighted by Crippen LogP contribution is -2.45. The SMILES string of the molecule is COC(=O)N1[C@H](C)CC(O)[C@@H]1CO[C@H]1CC[C@@H](c2ccccc2)CC1. The van der Waals surface area contributed by atoms with Gasteiger partial charge in [0.2, 0.25) is 0 Å². The van der Waals surface area contributed by atoms with Crippen molar-refractivity contribution >= 4 is 6.09 Å². The summed E-state index contributed by atoms with van der Waals surface area (Å²) in [6.07, 6.45) is 4.15. The second kappa shape index (κ2) is 8.19. The van der Waals surface area contributed by atoms with E-state index in [1.165, 1.54) is 12.7 Å². The van der Waals surface area contributed by atoms with E-state index < -0.39 is 6.10 Å². The highest BCUT2D eigenvalue weighted by Crippen LogP contribution is 2.34. The fourth-order valence-corrected chi connectivity index (χ4v) is 4.27. The first kappa shape index (κ1) is 18.2. The van der Waals surface area contributed by atoms with E-state index in [2.05, 4.69) is 30.3 Å². The van der Waals surface area contributed by atoms with E-state index in [1.54, 1.807) is 4.90 Å². The molecule has 3 atom stereocenters. The lowest BCUT2D eigenvalue weighted by molar-refractivity contribution is -0.0252. The van der Waals surface area contributed by atoms with E-state index in [-0.39, 0.29) is 24.3 Å². The first-order valence-corrected chi connectivity index (χ1v) is 9.31. The molecular formula is C20H29NO4. The van der Waals surface area contributed by atoms with Gasteiger partial charge in [-0.3, -0.25) is 4.90 Å². The molecule has 2 aliphatic rings. The smallest absolute Gasteiger partial charge is 0.410 e. The van der Waals surface area contributed by atoms with Crippen molar-refractivity contribution in [3.63, 3.8) is 0 Å². The van der Waals surface area contributed by atoms with Crippen LogP contribution in [0, 0.1) is 0 Å². The summed E-state index contributed by atoms with van der Waals surface area (Å²) < 4.78 is 10.9. The monoisotopic (exact) mass is 347 g/mol. The molecule has 1 aromatic rings. The molecule has 138 valence electrons. The van der Waals surface area contributed by atoms with E-state index in [1.807, 2.05) is 6.92 Å². The first-order chi connectivity index (χ1) is 12.1. The summed E-state index contributed by atoms with van der Waals surface area (Å²) in [5, 5.41) is 10.3. The van der Waals surface area contributed by atoms with Crippen molar-refractivity contribution in [1.82, 2.24) is 4.90 Å². The molecule has 5 heteroatoms. The third-order valence-electron chi connectivity index (χ3n) is 5.69. The quantitative estimate of drug-likeness (QED) is 0.908. The molecule has 1 aliphatic carbocycles. The Morgan fingerprint density at radius 3 is 2.52 bits per heavy atom. The fraction of sp³-hybridized carbons (Fsp3) is 0.650. The summed E-state index contributed by atoms with van der Waals surface area (Å²) in [6.45, 7) is 2.31. The number of aliphatic hydroxyl groups excluding tert-OH is 1. The van der Waals surface area contributed by atoms with Crippen molar-refractivity contribution < 1.29 is 19.4 Å².